The number of hydrogen-bond donors (Lipinski definition) is 3. The molecule has 0 saturated heterocycles. The predicted octanol–water partition coefficient (Wildman–Crippen LogP) is 4.08. The van der Waals surface area contributed by atoms with Crippen LogP contribution in [0.3, 0.4) is 0 Å². The topological polar surface area (TPSA) is 65.5 Å². The lowest BCUT2D eigenvalue weighted by Crippen LogP contribution is -2.41. The van der Waals surface area contributed by atoms with Crippen molar-refractivity contribution in [1.29, 1.82) is 0 Å². The van der Waals surface area contributed by atoms with Gasteiger partial charge in [0, 0.05) is 31.7 Å². The first-order chi connectivity index (χ1) is 12.1. The van der Waals surface area contributed by atoms with E-state index in [9.17, 15) is 4.79 Å². The maximum absolute atomic E-state index is 11.9. The molecule has 0 saturated carbocycles. The lowest BCUT2D eigenvalue weighted by atomic mass is 10.1. The SMILES string of the molecule is CCCCCCC(C)NC(=NC)NCc1cccc(C(=O)NCC)c1.I. The minimum Gasteiger partial charge on any atom is -0.354 e. The maximum Gasteiger partial charge on any atom is 0.251 e. The number of aliphatic imine (C=N–C) groups is 1. The van der Waals surface area contributed by atoms with Crippen LogP contribution in [0.1, 0.15) is 68.8 Å². The van der Waals surface area contributed by atoms with Crippen molar-refractivity contribution in [3.05, 3.63) is 35.4 Å². The minimum absolute atomic E-state index is 0. The van der Waals surface area contributed by atoms with Crippen LogP contribution in [0.25, 0.3) is 0 Å². The van der Waals surface area contributed by atoms with E-state index in [4.69, 9.17) is 0 Å². The summed E-state index contributed by atoms with van der Waals surface area (Å²) < 4.78 is 0. The van der Waals surface area contributed by atoms with Gasteiger partial charge in [0.2, 0.25) is 0 Å². The number of halogens is 1. The van der Waals surface area contributed by atoms with E-state index in [0.717, 1.165) is 17.9 Å². The molecule has 1 unspecified atom stereocenters. The molecular weight excluding hydrogens is 439 g/mol. The zero-order valence-corrected chi connectivity index (χ0v) is 18.9. The quantitative estimate of drug-likeness (QED) is 0.207. The molecule has 1 rings (SSSR count). The molecule has 0 aromatic heterocycles. The van der Waals surface area contributed by atoms with E-state index in [0.29, 0.717) is 24.7 Å². The number of rotatable bonds is 10. The molecule has 26 heavy (non-hydrogen) atoms. The Balaban J connectivity index is 0.00000625. The molecule has 1 atom stereocenters. The van der Waals surface area contributed by atoms with Crippen molar-refractivity contribution in [3.63, 3.8) is 0 Å². The highest BCUT2D eigenvalue weighted by Gasteiger charge is 2.07. The van der Waals surface area contributed by atoms with Gasteiger partial charge in [-0.3, -0.25) is 9.79 Å². The second-order valence-corrected chi connectivity index (χ2v) is 6.38. The first-order valence-corrected chi connectivity index (χ1v) is 9.45. The summed E-state index contributed by atoms with van der Waals surface area (Å²) in [6.07, 6.45) is 6.25. The van der Waals surface area contributed by atoms with Crippen molar-refractivity contribution in [2.45, 2.75) is 65.5 Å². The second kappa shape index (κ2) is 14.8. The van der Waals surface area contributed by atoms with Crippen LogP contribution in [0.2, 0.25) is 0 Å². The standard InChI is InChI=1S/C20H34N4O.HI/c1-5-7-8-9-11-16(3)24-20(21-4)23-15-17-12-10-13-18(14-17)19(25)22-6-2;/h10,12-14,16H,5-9,11,15H2,1-4H3,(H,22,25)(H2,21,23,24);1H. The molecule has 0 aliphatic heterocycles. The van der Waals surface area contributed by atoms with Gasteiger partial charge in [0.25, 0.3) is 5.91 Å². The summed E-state index contributed by atoms with van der Waals surface area (Å²) in [7, 11) is 1.78. The normalized spacial score (nSPS) is 12.1. The van der Waals surface area contributed by atoms with Crippen LogP contribution in [-0.4, -0.2) is 31.5 Å². The first kappa shape index (κ1) is 24.7. The third-order valence-electron chi connectivity index (χ3n) is 4.08. The van der Waals surface area contributed by atoms with Gasteiger partial charge in [0.05, 0.1) is 0 Å². The maximum atomic E-state index is 11.9. The molecule has 0 aliphatic rings. The largest absolute Gasteiger partial charge is 0.354 e. The van der Waals surface area contributed by atoms with Gasteiger partial charge in [-0.1, -0.05) is 44.7 Å². The lowest BCUT2D eigenvalue weighted by Gasteiger charge is -2.18. The van der Waals surface area contributed by atoms with Crippen molar-refractivity contribution in [3.8, 4) is 0 Å². The fourth-order valence-electron chi connectivity index (χ4n) is 2.65. The molecule has 6 heteroatoms. The summed E-state index contributed by atoms with van der Waals surface area (Å²) >= 11 is 0. The van der Waals surface area contributed by atoms with E-state index in [1.54, 1.807) is 7.05 Å². The van der Waals surface area contributed by atoms with Gasteiger partial charge in [-0.2, -0.15) is 0 Å². The number of carbonyl (C=O) groups is 1. The van der Waals surface area contributed by atoms with Crippen LogP contribution in [0.5, 0.6) is 0 Å². The third kappa shape index (κ3) is 9.99. The van der Waals surface area contributed by atoms with Gasteiger partial charge in [0.1, 0.15) is 0 Å². The molecular formula is C20H35IN4O. The molecule has 5 nitrogen and oxygen atoms in total. The Hall–Kier alpha value is -1.31. The summed E-state index contributed by atoms with van der Waals surface area (Å²) in [4.78, 5) is 16.2. The van der Waals surface area contributed by atoms with Crippen LogP contribution < -0.4 is 16.0 Å². The average molecular weight is 474 g/mol. The second-order valence-electron chi connectivity index (χ2n) is 6.38. The number of unbranched alkanes of at least 4 members (excludes halogenated alkanes) is 3. The first-order valence-electron chi connectivity index (χ1n) is 9.45. The van der Waals surface area contributed by atoms with Crippen molar-refractivity contribution in [2.75, 3.05) is 13.6 Å². The fourth-order valence-corrected chi connectivity index (χ4v) is 2.65. The molecule has 1 aromatic rings. The Labute approximate surface area is 175 Å². The summed E-state index contributed by atoms with van der Waals surface area (Å²) in [6.45, 7) is 7.61. The van der Waals surface area contributed by atoms with Gasteiger partial charge < -0.3 is 16.0 Å². The molecule has 0 radical (unpaired) electrons. The zero-order valence-electron chi connectivity index (χ0n) is 16.6. The molecule has 148 valence electrons. The lowest BCUT2D eigenvalue weighted by molar-refractivity contribution is 0.0955. The van der Waals surface area contributed by atoms with Crippen molar-refractivity contribution >= 4 is 35.8 Å². The number of guanidine groups is 1. The van der Waals surface area contributed by atoms with E-state index in [1.807, 2.05) is 31.2 Å². The van der Waals surface area contributed by atoms with Crippen LogP contribution in [0, 0.1) is 0 Å². The van der Waals surface area contributed by atoms with Crippen LogP contribution >= 0.6 is 24.0 Å². The summed E-state index contributed by atoms with van der Waals surface area (Å²) in [5.74, 6) is 0.763. The van der Waals surface area contributed by atoms with Crippen LogP contribution in [0.15, 0.2) is 29.3 Å². The summed E-state index contributed by atoms with van der Waals surface area (Å²) in [5.41, 5.74) is 1.75. The molecule has 0 heterocycles. The predicted molar refractivity (Wildman–Crippen MR) is 121 cm³/mol. The van der Waals surface area contributed by atoms with E-state index in [2.05, 4.69) is 34.8 Å². The Kier molecular flexibility index (Phi) is 14.1. The molecule has 0 spiro atoms. The van der Waals surface area contributed by atoms with E-state index >= 15 is 0 Å². The van der Waals surface area contributed by atoms with Crippen LogP contribution in [0.4, 0.5) is 0 Å². The fraction of sp³-hybridized carbons (Fsp3) is 0.600. The third-order valence-corrected chi connectivity index (χ3v) is 4.08. The van der Waals surface area contributed by atoms with E-state index < -0.39 is 0 Å². The molecule has 1 aromatic carbocycles. The molecule has 0 fully saturated rings. The monoisotopic (exact) mass is 474 g/mol. The number of amides is 1. The molecule has 0 aliphatic carbocycles. The number of carbonyl (C=O) groups excluding carboxylic acids is 1. The smallest absolute Gasteiger partial charge is 0.251 e. The minimum atomic E-state index is -0.0347. The average Bonchev–Trinajstić information content (AvgIpc) is 2.62. The molecule has 1 amide bonds. The summed E-state index contributed by atoms with van der Waals surface area (Å²) in [5, 5.41) is 9.58. The Morgan fingerprint density at radius 1 is 1.15 bits per heavy atom. The van der Waals surface area contributed by atoms with Gasteiger partial charge >= 0.3 is 0 Å². The van der Waals surface area contributed by atoms with Crippen molar-refractivity contribution in [2.24, 2.45) is 4.99 Å². The Bertz CT molecular complexity index is 548. The van der Waals surface area contributed by atoms with Gasteiger partial charge in [-0.15, -0.1) is 24.0 Å². The highest BCUT2D eigenvalue weighted by Crippen LogP contribution is 2.06. The Morgan fingerprint density at radius 3 is 2.58 bits per heavy atom. The van der Waals surface area contributed by atoms with Crippen LogP contribution in [-0.2, 0) is 6.54 Å². The number of hydrogen-bond acceptors (Lipinski definition) is 2. The highest BCUT2D eigenvalue weighted by atomic mass is 127. The number of nitrogens with one attached hydrogen (secondary N) is 3. The summed E-state index contributed by atoms with van der Waals surface area (Å²) in [6, 6.07) is 8.06. The molecule has 0 bridgehead atoms. The molecule has 3 N–H and O–H groups in total. The number of nitrogens with zero attached hydrogens (tertiary/aromatic N) is 1. The van der Waals surface area contributed by atoms with Gasteiger partial charge in [-0.05, 0) is 38.0 Å². The zero-order chi connectivity index (χ0) is 18.5. The number of benzene rings is 1. The van der Waals surface area contributed by atoms with E-state index in [-0.39, 0.29) is 29.9 Å². The van der Waals surface area contributed by atoms with Crippen molar-refractivity contribution in [1.82, 2.24) is 16.0 Å². The van der Waals surface area contributed by atoms with Crippen molar-refractivity contribution < 1.29 is 4.79 Å². The highest BCUT2D eigenvalue weighted by molar-refractivity contribution is 14.0. The Morgan fingerprint density at radius 2 is 1.92 bits per heavy atom. The van der Waals surface area contributed by atoms with Gasteiger partial charge in [-0.25, -0.2) is 0 Å². The van der Waals surface area contributed by atoms with Gasteiger partial charge in [0.15, 0.2) is 5.96 Å². The van der Waals surface area contributed by atoms with E-state index in [1.165, 1.54) is 25.7 Å².